The van der Waals surface area contributed by atoms with Crippen LogP contribution in [0, 0.1) is 0 Å². The number of phosphoric acid groups is 2. The minimum Gasteiger partial charge on any atom is -0.463 e. The van der Waals surface area contributed by atoms with Gasteiger partial charge in [-0.2, -0.15) is 0 Å². The van der Waals surface area contributed by atoms with E-state index < -0.39 is 91.5 Å². The fourth-order valence-corrected chi connectivity index (χ4v) is 11.4. The summed E-state index contributed by atoms with van der Waals surface area (Å²) in [5, 5.41) is 20.6. The lowest BCUT2D eigenvalue weighted by Gasteiger charge is -2.21. The Morgan fingerprint density at radius 3 is 0.937 bits per heavy atom. The maximum Gasteiger partial charge on any atom is 0.472 e. The number of aliphatic hydroxyl groups excluding tert-OH is 2. The highest BCUT2D eigenvalue weighted by atomic mass is 31.2. The van der Waals surface area contributed by atoms with Crippen molar-refractivity contribution in [3.8, 4) is 0 Å². The van der Waals surface area contributed by atoms with E-state index >= 15 is 0 Å². The summed E-state index contributed by atoms with van der Waals surface area (Å²) in [5.74, 6) is -1.60. The van der Waals surface area contributed by atoms with Crippen LogP contribution in [0.5, 0.6) is 0 Å². The minimum atomic E-state index is -4.92. The van der Waals surface area contributed by atoms with Crippen molar-refractivity contribution in [1.29, 1.82) is 0 Å². The molecular weight excluding hydrogens is 1240 g/mol. The van der Waals surface area contributed by atoms with Crippen LogP contribution in [0.3, 0.4) is 0 Å². The summed E-state index contributed by atoms with van der Waals surface area (Å²) in [4.78, 5) is 58.3. The molecule has 95 heavy (non-hydrogen) atoms. The Bertz CT molecular complexity index is 2170. The second-order valence-electron chi connectivity index (χ2n) is 24.7. The highest BCUT2D eigenvalue weighted by molar-refractivity contribution is 7.47. The van der Waals surface area contributed by atoms with Gasteiger partial charge in [0.1, 0.15) is 25.4 Å². The predicted octanol–water partition coefficient (Wildman–Crippen LogP) is 21.2. The molecular formula is C77H134O16P2. The van der Waals surface area contributed by atoms with Crippen LogP contribution in [0.1, 0.15) is 303 Å². The quantitative estimate of drug-likeness (QED) is 0.0146. The molecule has 16 nitrogen and oxygen atoms in total. The molecule has 4 N–H and O–H groups in total. The van der Waals surface area contributed by atoms with Crippen molar-refractivity contribution < 1.29 is 75.8 Å². The minimum absolute atomic E-state index is 0.0916. The first kappa shape index (κ1) is 91.2. The smallest absolute Gasteiger partial charge is 0.463 e. The number of carbonyl (C=O) groups excluding carboxylic acids is 3. The van der Waals surface area contributed by atoms with Crippen LogP contribution >= 0.6 is 15.6 Å². The summed E-state index contributed by atoms with van der Waals surface area (Å²) in [6.45, 7) is 2.43. The largest absolute Gasteiger partial charge is 0.472 e. The van der Waals surface area contributed by atoms with Gasteiger partial charge < -0.3 is 34.2 Å². The fraction of sp³-hybridized carbons (Fsp3) is 0.727. The number of hydrogen-bond donors (Lipinski definition) is 4. The lowest BCUT2D eigenvalue weighted by atomic mass is 10.0. The Morgan fingerprint density at radius 2 is 0.579 bits per heavy atom. The molecule has 0 aromatic carbocycles. The number of unbranched alkanes of at least 4 members (excludes halogenated alkanes) is 29. The summed E-state index contributed by atoms with van der Waals surface area (Å²) >= 11 is 0. The van der Waals surface area contributed by atoms with Crippen LogP contribution < -0.4 is 0 Å². The van der Waals surface area contributed by atoms with Gasteiger partial charge in [-0.3, -0.25) is 32.5 Å². The average molecular weight is 1380 g/mol. The summed E-state index contributed by atoms with van der Waals surface area (Å²) in [6.07, 6.45) is 80.4. The molecule has 0 aromatic rings. The molecule has 0 aliphatic carbocycles. The fourth-order valence-electron chi connectivity index (χ4n) is 9.77. The molecule has 0 saturated heterocycles. The number of rotatable bonds is 70. The Balaban J connectivity index is 4.27. The van der Waals surface area contributed by atoms with Gasteiger partial charge in [0.25, 0.3) is 0 Å². The van der Waals surface area contributed by atoms with Gasteiger partial charge in [0.05, 0.1) is 26.4 Å². The van der Waals surface area contributed by atoms with E-state index in [2.05, 4.69) is 130 Å². The standard InChI is InChI=1S/C77H134O16P2/c1-4-7-10-13-16-19-22-24-25-26-27-28-29-30-31-32-33-34-35-36-37-38-39-40-41-42-43-44-45-47-50-51-54-57-60-63-75(80)87-66-72(78)67-89-94(83,84)90-68-73(79)69-91-95(85,86)92-71-74(93-77(82)65-62-59-56-53-48-21-18-15-12-9-6-3)70-88-76(81)64-61-58-55-52-49-46-23-20-17-14-11-8-5-2/h7,10-11,14-16,18-20,23-25,27-28,30-31,33-34,72-74,78-79H,4-6,8-9,12-13,17,21-22,26,29,32,35-71H2,1-3H3,(H,83,84)(H,85,86)/b10-7-,14-11-,18-15-,19-16-,23-20-,25-24-,28-27-,31-30-,34-33-. The number of allylic oxidation sites excluding steroid dienone is 18. The van der Waals surface area contributed by atoms with Crippen molar-refractivity contribution >= 4 is 33.6 Å². The Labute approximate surface area is 577 Å². The SMILES string of the molecule is CC/C=C\C/C=C\C/C=C\C/C=C\C/C=C\C/C=C\CCCCCCCCCCCCCCCCCCC(=O)OCC(O)COP(=O)(O)OCC(O)COP(=O)(O)OCC(COC(=O)CCCCCCC/C=C\C/C=C\CCC)OC(=O)CCCCCCC/C=C\CCCC. The monoisotopic (exact) mass is 1380 g/mol. The second-order valence-corrected chi connectivity index (χ2v) is 27.6. The van der Waals surface area contributed by atoms with Crippen LogP contribution in [0.15, 0.2) is 109 Å². The number of phosphoric ester groups is 2. The molecule has 0 amide bonds. The Kier molecular flexibility index (Phi) is 67.3. The van der Waals surface area contributed by atoms with Gasteiger partial charge >= 0.3 is 33.6 Å². The van der Waals surface area contributed by atoms with Gasteiger partial charge in [-0.15, -0.1) is 0 Å². The molecule has 5 unspecified atom stereocenters. The van der Waals surface area contributed by atoms with Crippen LogP contribution in [0.25, 0.3) is 0 Å². The highest BCUT2D eigenvalue weighted by Crippen LogP contribution is 2.45. The van der Waals surface area contributed by atoms with Gasteiger partial charge in [-0.25, -0.2) is 9.13 Å². The van der Waals surface area contributed by atoms with E-state index in [9.17, 15) is 43.5 Å². The average Bonchev–Trinajstić information content (AvgIpc) is 3.02. The molecule has 0 aromatic heterocycles. The molecule has 0 aliphatic rings. The highest BCUT2D eigenvalue weighted by Gasteiger charge is 2.29. The molecule has 0 fully saturated rings. The summed E-state index contributed by atoms with van der Waals surface area (Å²) in [6, 6.07) is 0. The van der Waals surface area contributed by atoms with Crippen molar-refractivity contribution in [2.24, 2.45) is 0 Å². The zero-order chi connectivity index (χ0) is 69.5. The van der Waals surface area contributed by atoms with E-state index in [-0.39, 0.29) is 19.3 Å². The number of hydrogen-bond acceptors (Lipinski definition) is 14. The third-order valence-electron chi connectivity index (χ3n) is 15.4. The molecule has 0 heterocycles. The van der Waals surface area contributed by atoms with Crippen molar-refractivity contribution in [2.45, 2.75) is 322 Å². The van der Waals surface area contributed by atoms with Crippen LogP contribution in [-0.4, -0.2) is 95.9 Å². The maximum atomic E-state index is 12.8. The third-order valence-corrected chi connectivity index (χ3v) is 17.3. The Hall–Kier alpha value is -3.79. The lowest BCUT2D eigenvalue weighted by molar-refractivity contribution is -0.161. The molecule has 0 bridgehead atoms. The normalized spacial score (nSPS) is 14.7. The van der Waals surface area contributed by atoms with Crippen molar-refractivity contribution in [3.63, 3.8) is 0 Å². The van der Waals surface area contributed by atoms with Crippen LogP contribution in [0.2, 0.25) is 0 Å². The van der Waals surface area contributed by atoms with Gasteiger partial charge in [-0.1, -0.05) is 278 Å². The third kappa shape index (κ3) is 71.3. The number of ether oxygens (including phenoxy) is 3. The Morgan fingerprint density at radius 1 is 0.305 bits per heavy atom. The van der Waals surface area contributed by atoms with E-state index in [1.165, 1.54) is 96.3 Å². The molecule has 0 rings (SSSR count). The van der Waals surface area contributed by atoms with Crippen molar-refractivity contribution in [2.75, 3.05) is 39.6 Å². The number of carbonyl (C=O) groups is 3. The van der Waals surface area contributed by atoms with Gasteiger partial charge in [0.2, 0.25) is 0 Å². The van der Waals surface area contributed by atoms with Gasteiger partial charge in [0, 0.05) is 19.3 Å². The molecule has 5 atom stereocenters. The topological polar surface area (TPSA) is 231 Å². The van der Waals surface area contributed by atoms with E-state index in [1.807, 2.05) is 0 Å². The summed E-state index contributed by atoms with van der Waals surface area (Å²) in [7, 11) is -9.77. The maximum absolute atomic E-state index is 12.8. The molecule has 0 radical (unpaired) electrons. The van der Waals surface area contributed by atoms with Gasteiger partial charge in [-0.05, 0) is 116 Å². The lowest BCUT2D eigenvalue weighted by Crippen LogP contribution is -2.30. The van der Waals surface area contributed by atoms with Crippen molar-refractivity contribution in [3.05, 3.63) is 109 Å². The zero-order valence-corrected chi connectivity index (χ0v) is 61.4. The first-order valence-corrected chi connectivity index (χ1v) is 40.2. The number of esters is 3. The van der Waals surface area contributed by atoms with Crippen LogP contribution in [-0.2, 0) is 55.8 Å². The molecule has 0 spiro atoms. The number of aliphatic hydroxyl groups is 2. The second kappa shape index (κ2) is 70.1. The molecule has 18 heteroatoms. The predicted molar refractivity (Wildman–Crippen MR) is 390 cm³/mol. The summed E-state index contributed by atoms with van der Waals surface area (Å²) < 4.78 is 60.8. The van der Waals surface area contributed by atoms with E-state index in [0.717, 1.165) is 148 Å². The van der Waals surface area contributed by atoms with Gasteiger partial charge in [0.15, 0.2) is 6.10 Å². The molecule has 0 aliphatic heterocycles. The first-order valence-electron chi connectivity index (χ1n) is 37.2. The zero-order valence-electron chi connectivity index (χ0n) is 59.6. The van der Waals surface area contributed by atoms with Crippen molar-refractivity contribution in [1.82, 2.24) is 0 Å². The van der Waals surface area contributed by atoms with E-state index in [1.54, 1.807) is 0 Å². The van der Waals surface area contributed by atoms with E-state index in [0.29, 0.717) is 19.3 Å². The summed E-state index contributed by atoms with van der Waals surface area (Å²) in [5.41, 5.74) is 0. The van der Waals surface area contributed by atoms with Crippen LogP contribution in [0.4, 0.5) is 0 Å². The molecule has 548 valence electrons. The molecule has 0 saturated carbocycles. The van der Waals surface area contributed by atoms with E-state index in [4.69, 9.17) is 32.3 Å². The first-order chi connectivity index (χ1) is 46.2.